The van der Waals surface area contributed by atoms with Crippen molar-refractivity contribution in [3.05, 3.63) is 71.8 Å². The number of nitrogens with one attached hydrogen (secondary N) is 3. The molecule has 2 rings (SSSR count). The summed E-state index contributed by atoms with van der Waals surface area (Å²) in [5.41, 5.74) is 0.905. The lowest BCUT2D eigenvalue weighted by atomic mass is 9.91. The molecule has 3 amide bonds. The fraction of sp³-hybridized carbons (Fsp3) is 0.500. The second kappa shape index (κ2) is 15.4. The molecule has 9 heteroatoms. The minimum atomic E-state index is -1.87. The maximum absolute atomic E-state index is 13.2. The number of hydrogen-bond donors (Lipinski definition) is 6. The molecule has 2 aromatic rings. The van der Waals surface area contributed by atoms with Crippen molar-refractivity contribution in [2.45, 2.75) is 83.8 Å². The molecule has 0 aliphatic rings. The molecule has 0 aromatic heterocycles. The number of aliphatic hydroxyl groups is 3. The first kappa shape index (κ1) is 31.9. The number of hydrogen-bond acceptors (Lipinski definition) is 6. The zero-order valence-electron chi connectivity index (χ0n) is 23.3. The first-order valence-electron chi connectivity index (χ1n) is 13.4. The molecule has 0 saturated heterocycles. The maximum atomic E-state index is 13.2. The average Bonchev–Trinajstić information content (AvgIpc) is 2.89. The van der Waals surface area contributed by atoms with Gasteiger partial charge in [0.05, 0.1) is 12.1 Å². The third kappa shape index (κ3) is 11.2. The molecule has 5 atom stereocenters. The van der Waals surface area contributed by atoms with Crippen molar-refractivity contribution in [1.82, 2.24) is 16.0 Å². The SMILES string of the molecule is CC(=O)NCCCCC(NC(=O)CC(C)(C)C)C(O)C(O)C(=O)NC(c1ccccc1)C(O)c1ccccc1. The van der Waals surface area contributed by atoms with Crippen molar-refractivity contribution in [1.29, 1.82) is 0 Å². The summed E-state index contributed by atoms with van der Waals surface area (Å²) in [5, 5.41) is 41.2. The maximum Gasteiger partial charge on any atom is 0.252 e. The van der Waals surface area contributed by atoms with Gasteiger partial charge in [0.1, 0.15) is 12.2 Å². The molecule has 0 bridgehead atoms. The van der Waals surface area contributed by atoms with Crippen LogP contribution in [-0.2, 0) is 14.4 Å². The smallest absolute Gasteiger partial charge is 0.252 e. The predicted octanol–water partition coefficient (Wildman–Crippen LogP) is 2.53. The number of unbranched alkanes of at least 4 members (excludes halogenated alkanes) is 1. The van der Waals surface area contributed by atoms with Gasteiger partial charge in [-0.3, -0.25) is 14.4 Å². The summed E-state index contributed by atoms with van der Waals surface area (Å²) in [6.07, 6.45) is -2.96. The Labute approximate surface area is 231 Å². The number of aliphatic hydroxyl groups excluding tert-OH is 3. The van der Waals surface area contributed by atoms with E-state index in [4.69, 9.17) is 0 Å². The summed E-state index contributed by atoms with van der Waals surface area (Å²) >= 11 is 0. The Morgan fingerprint density at radius 1 is 0.821 bits per heavy atom. The second-order valence-corrected chi connectivity index (χ2v) is 11.1. The fourth-order valence-corrected chi connectivity index (χ4v) is 4.28. The van der Waals surface area contributed by atoms with Crippen LogP contribution >= 0.6 is 0 Å². The Morgan fingerprint density at radius 2 is 1.38 bits per heavy atom. The standard InChI is InChI=1S/C30H43N3O6/c1-20(34)31-18-12-11-17-23(32-24(35)19-30(2,3)4)27(37)28(38)29(39)33-25(21-13-7-5-8-14-21)26(36)22-15-9-6-10-16-22/h5-10,13-16,23,25-28,36-38H,11-12,17-19H2,1-4H3,(H,31,34)(H,32,35)(H,33,39). The summed E-state index contributed by atoms with van der Waals surface area (Å²) in [6, 6.07) is 15.9. The molecular weight excluding hydrogens is 498 g/mol. The normalized spacial score (nSPS) is 15.4. The van der Waals surface area contributed by atoms with Crippen molar-refractivity contribution in [3.63, 3.8) is 0 Å². The first-order chi connectivity index (χ1) is 18.4. The van der Waals surface area contributed by atoms with E-state index in [1.54, 1.807) is 48.5 Å². The van der Waals surface area contributed by atoms with Crippen LogP contribution in [0.4, 0.5) is 0 Å². The van der Waals surface area contributed by atoms with Crippen molar-refractivity contribution in [3.8, 4) is 0 Å². The van der Waals surface area contributed by atoms with E-state index in [0.717, 1.165) is 0 Å². The topological polar surface area (TPSA) is 148 Å². The Balaban J connectivity index is 2.17. The van der Waals surface area contributed by atoms with Crippen LogP contribution in [0.2, 0.25) is 0 Å². The zero-order chi connectivity index (χ0) is 29.0. The molecule has 214 valence electrons. The van der Waals surface area contributed by atoms with Gasteiger partial charge in [-0.05, 0) is 35.8 Å². The van der Waals surface area contributed by atoms with Gasteiger partial charge < -0.3 is 31.3 Å². The number of carbonyl (C=O) groups excluding carboxylic acids is 3. The van der Waals surface area contributed by atoms with Gasteiger partial charge in [-0.1, -0.05) is 81.4 Å². The fourth-order valence-electron chi connectivity index (χ4n) is 4.28. The van der Waals surface area contributed by atoms with E-state index in [9.17, 15) is 29.7 Å². The monoisotopic (exact) mass is 541 g/mol. The van der Waals surface area contributed by atoms with E-state index >= 15 is 0 Å². The molecule has 5 unspecified atom stereocenters. The summed E-state index contributed by atoms with van der Waals surface area (Å²) < 4.78 is 0. The largest absolute Gasteiger partial charge is 0.388 e. The van der Waals surface area contributed by atoms with Gasteiger partial charge in [0.15, 0.2) is 6.10 Å². The van der Waals surface area contributed by atoms with Gasteiger partial charge in [0.25, 0.3) is 5.91 Å². The molecule has 9 nitrogen and oxygen atoms in total. The van der Waals surface area contributed by atoms with Crippen LogP contribution in [0, 0.1) is 5.41 Å². The highest BCUT2D eigenvalue weighted by atomic mass is 16.3. The molecule has 0 aliphatic heterocycles. The molecule has 0 aliphatic carbocycles. The minimum absolute atomic E-state index is 0.150. The first-order valence-corrected chi connectivity index (χ1v) is 13.4. The van der Waals surface area contributed by atoms with Gasteiger partial charge in [0, 0.05) is 19.9 Å². The molecule has 0 saturated carbocycles. The van der Waals surface area contributed by atoms with E-state index in [0.29, 0.717) is 30.5 Å². The van der Waals surface area contributed by atoms with Crippen molar-refractivity contribution >= 4 is 17.7 Å². The van der Waals surface area contributed by atoms with Crippen LogP contribution in [0.5, 0.6) is 0 Å². The Bertz CT molecular complexity index is 1040. The summed E-state index contributed by atoms with van der Waals surface area (Å²) in [4.78, 5) is 37.0. The van der Waals surface area contributed by atoms with E-state index in [2.05, 4.69) is 16.0 Å². The van der Waals surface area contributed by atoms with E-state index < -0.39 is 36.3 Å². The summed E-state index contributed by atoms with van der Waals surface area (Å²) in [7, 11) is 0. The highest BCUT2D eigenvalue weighted by Gasteiger charge is 2.35. The summed E-state index contributed by atoms with van der Waals surface area (Å²) in [5.74, 6) is -1.33. The second-order valence-electron chi connectivity index (χ2n) is 11.1. The van der Waals surface area contributed by atoms with E-state index in [1.165, 1.54) is 6.92 Å². The number of benzene rings is 2. The van der Waals surface area contributed by atoms with Crippen LogP contribution in [0.3, 0.4) is 0 Å². The van der Waals surface area contributed by atoms with Crippen molar-refractivity contribution < 1.29 is 29.7 Å². The molecular formula is C30H43N3O6. The van der Waals surface area contributed by atoms with E-state index in [1.807, 2.05) is 32.9 Å². The predicted molar refractivity (Wildman–Crippen MR) is 149 cm³/mol. The quantitative estimate of drug-likeness (QED) is 0.203. The number of carbonyl (C=O) groups is 3. The minimum Gasteiger partial charge on any atom is -0.388 e. The number of amides is 3. The van der Waals surface area contributed by atoms with Gasteiger partial charge in [-0.25, -0.2) is 0 Å². The molecule has 0 heterocycles. The van der Waals surface area contributed by atoms with Crippen LogP contribution < -0.4 is 16.0 Å². The van der Waals surface area contributed by atoms with Crippen molar-refractivity contribution in [2.24, 2.45) is 5.41 Å². The lowest BCUT2D eigenvalue weighted by Crippen LogP contribution is -2.54. The van der Waals surface area contributed by atoms with Crippen molar-refractivity contribution in [2.75, 3.05) is 6.54 Å². The molecule has 0 fully saturated rings. The van der Waals surface area contributed by atoms with Crippen LogP contribution in [0.25, 0.3) is 0 Å². The van der Waals surface area contributed by atoms with E-state index in [-0.39, 0.29) is 30.1 Å². The Morgan fingerprint density at radius 3 is 1.92 bits per heavy atom. The van der Waals surface area contributed by atoms with Crippen LogP contribution in [0.1, 0.15) is 76.7 Å². The Hall–Kier alpha value is -3.27. The molecule has 0 spiro atoms. The highest BCUT2D eigenvalue weighted by Crippen LogP contribution is 2.29. The lowest BCUT2D eigenvalue weighted by molar-refractivity contribution is -0.140. The zero-order valence-corrected chi connectivity index (χ0v) is 23.3. The average molecular weight is 542 g/mol. The number of rotatable bonds is 14. The molecule has 2 aromatic carbocycles. The summed E-state index contributed by atoms with van der Waals surface area (Å²) in [6.45, 7) is 7.60. The van der Waals surface area contributed by atoms with Gasteiger partial charge in [-0.15, -0.1) is 0 Å². The van der Waals surface area contributed by atoms with Gasteiger partial charge in [-0.2, -0.15) is 0 Å². The molecule has 0 radical (unpaired) electrons. The van der Waals surface area contributed by atoms with Gasteiger partial charge >= 0.3 is 0 Å². The molecule has 6 N–H and O–H groups in total. The lowest BCUT2D eigenvalue weighted by Gasteiger charge is -2.31. The Kier molecular flexibility index (Phi) is 12.6. The van der Waals surface area contributed by atoms with Crippen LogP contribution in [-0.4, -0.2) is 57.8 Å². The third-order valence-electron chi connectivity index (χ3n) is 6.27. The van der Waals surface area contributed by atoms with Gasteiger partial charge in [0.2, 0.25) is 11.8 Å². The third-order valence-corrected chi connectivity index (χ3v) is 6.27. The van der Waals surface area contributed by atoms with Crippen LogP contribution in [0.15, 0.2) is 60.7 Å². The highest BCUT2D eigenvalue weighted by molar-refractivity contribution is 5.82. The molecule has 39 heavy (non-hydrogen) atoms.